The summed E-state index contributed by atoms with van der Waals surface area (Å²) in [5, 5.41) is 10.9. The van der Waals surface area contributed by atoms with Crippen molar-refractivity contribution in [1.82, 2.24) is 20.4 Å². The first-order valence-electron chi connectivity index (χ1n) is 13.2. The Balaban J connectivity index is 0.00000461. The molecule has 14 nitrogen and oxygen atoms in total. The SMILES string of the molecule is Cc1nnc(SCC2=C(C(=O)OCc3oc(=O)oc3C)N3C(=O)[C@@H](NC(=O)[C@H](OC(=O)[C@H](C)N)c4ccccc4)[C@H]3SC2)s1.Cl. The molecule has 2 aromatic heterocycles. The van der Waals surface area contributed by atoms with Gasteiger partial charge in [-0.3, -0.25) is 19.3 Å². The number of aryl methyl sites for hydroxylation is 2. The third-order valence-electron chi connectivity index (χ3n) is 6.53. The van der Waals surface area contributed by atoms with Crippen LogP contribution in [0.4, 0.5) is 0 Å². The number of nitrogens with zero attached hydrogens (tertiary/aromatic N) is 3. The van der Waals surface area contributed by atoms with Crippen molar-refractivity contribution < 1.29 is 37.5 Å². The normalized spacial score (nSPS) is 18.7. The number of amides is 2. The van der Waals surface area contributed by atoms with Crippen LogP contribution in [0.1, 0.15) is 35.1 Å². The molecule has 0 saturated carbocycles. The van der Waals surface area contributed by atoms with Crippen molar-refractivity contribution in [3.63, 3.8) is 0 Å². The predicted molar refractivity (Wildman–Crippen MR) is 165 cm³/mol. The van der Waals surface area contributed by atoms with E-state index in [1.54, 1.807) is 30.3 Å². The van der Waals surface area contributed by atoms with E-state index >= 15 is 0 Å². The molecule has 0 unspecified atom stereocenters. The molecule has 1 fully saturated rings. The Bertz CT molecular complexity index is 1670. The maximum absolute atomic E-state index is 13.5. The number of esters is 2. The van der Waals surface area contributed by atoms with Gasteiger partial charge in [0, 0.05) is 17.1 Å². The highest BCUT2D eigenvalue weighted by molar-refractivity contribution is 8.01. The molecule has 0 aliphatic carbocycles. The fourth-order valence-electron chi connectivity index (χ4n) is 4.33. The molecule has 2 amide bonds. The Morgan fingerprint density at radius 2 is 1.91 bits per heavy atom. The van der Waals surface area contributed by atoms with Gasteiger partial charge in [-0.25, -0.2) is 9.59 Å². The van der Waals surface area contributed by atoms with E-state index in [9.17, 15) is 24.0 Å². The zero-order valence-corrected chi connectivity index (χ0v) is 27.3. The van der Waals surface area contributed by atoms with Gasteiger partial charge < -0.3 is 29.4 Å². The predicted octanol–water partition coefficient (Wildman–Crippen LogP) is 2.24. The van der Waals surface area contributed by atoms with Crippen LogP contribution in [-0.4, -0.2) is 67.8 Å². The summed E-state index contributed by atoms with van der Waals surface area (Å²) in [4.78, 5) is 65.3. The van der Waals surface area contributed by atoms with Crippen LogP contribution in [0, 0.1) is 13.8 Å². The average molecular weight is 698 g/mol. The van der Waals surface area contributed by atoms with Gasteiger partial charge in [0.2, 0.25) is 6.10 Å². The molecule has 0 radical (unpaired) electrons. The second-order valence-corrected chi connectivity index (χ2v) is 13.3. The minimum Gasteiger partial charge on any atom is -0.453 e. The largest absolute Gasteiger partial charge is 0.519 e. The molecule has 1 aromatic carbocycles. The van der Waals surface area contributed by atoms with Crippen LogP contribution < -0.4 is 16.9 Å². The van der Waals surface area contributed by atoms with Gasteiger partial charge in [-0.15, -0.1) is 34.4 Å². The number of hydrogen-bond donors (Lipinski definition) is 2. The van der Waals surface area contributed by atoms with E-state index in [0.717, 1.165) is 5.01 Å². The van der Waals surface area contributed by atoms with Gasteiger partial charge in [0.1, 0.15) is 28.2 Å². The molecular formula is C27H28ClN5O9S3. The van der Waals surface area contributed by atoms with Gasteiger partial charge >= 0.3 is 17.8 Å². The van der Waals surface area contributed by atoms with Gasteiger partial charge in [0.05, 0.1) is 0 Å². The van der Waals surface area contributed by atoms with Crippen molar-refractivity contribution in [2.24, 2.45) is 5.73 Å². The third kappa shape index (κ3) is 7.61. The molecule has 2 aliphatic rings. The highest BCUT2D eigenvalue weighted by Crippen LogP contribution is 2.42. The first kappa shape index (κ1) is 34.2. The topological polar surface area (TPSA) is 197 Å². The van der Waals surface area contributed by atoms with E-state index in [2.05, 4.69) is 15.5 Å². The zero-order valence-electron chi connectivity index (χ0n) is 24.0. The average Bonchev–Trinajstić information content (AvgIpc) is 3.58. The minimum absolute atomic E-state index is 0. The number of thioether (sulfide) groups is 2. The molecule has 45 heavy (non-hydrogen) atoms. The van der Waals surface area contributed by atoms with Crippen LogP contribution in [0.5, 0.6) is 0 Å². The molecule has 3 N–H and O–H groups in total. The van der Waals surface area contributed by atoms with Crippen molar-refractivity contribution in [3.8, 4) is 0 Å². The summed E-state index contributed by atoms with van der Waals surface area (Å²) < 4.78 is 21.3. The maximum Gasteiger partial charge on any atom is 0.519 e. The van der Waals surface area contributed by atoms with Gasteiger partial charge in [-0.05, 0) is 26.3 Å². The second kappa shape index (κ2) is 14.6. The van der Waals surface area contributed by atoms with E-state index in [1.807, 2.05) is 6.92 Å². The number of carbonyl (C=O) groups is 4. The lowest BCUT2D eigenvalue weighted by Gasteiger charge is -2.49. The van der Waals surface area contributed by atoms with Crippen molar-refractivity contribution in [2.75, 3.05) is 11.5 Å². The van der Waals surface area contributed by atoms with E-state index in [-0.39, 0.29) is 36.2 Å². The van der Waals surface area contributed by atoms with Crippen LogP contribution in [0.3, 0.4) is 0 Å². The number of fused-ring (bicyclic) bond motifs is 1. The number of carbonyl (C=O) groups excluding carboxylic acids is 4. The lowest BCUT2D eigenvalue weighted by atomic mass is 10.0. The lowest BCUT2D eigenvalue weighted by Crippen LogP contribution is -2.71. The highest BCUT2D eigenvalue weighted by Gasteiger charge is 2.55. The number of nitrogens with one attached hydrogen (secondary N) is 1. The molecule has 240 valence electrons. The van der Waals surface area contributed by atoms with E-state index in [4.69, 9.17) is 24.0 Å². The van der Waals surface area contributed by atoms with Crippen molar-refractivity contribution >= 4 is 71.0 Å². The first-order valence-corrected chi connectivity index (χ1v) is 16.1. The second-order valence-electron chi connectivity index (χ2n) is 9.75. The number of ether oxygens (including phenoxy) is 2. The molecule has 4 atom stereocenters. The van der Waals surface area contributed by atoms with E-state index in [1.165, 1.54) is 53.6 Å². The number of halogens is 1. The summed E-state index contributed by atoms with van der Waals surface area (Å²) in [6.07, 6.45) is -1.35. The fraction of sp³-hybridized carbons (Fsp3) is 0.370. The Morgan fingerprint density at radius 3 is 2.53 bits per heavy atom. The number of nitrogens with two attached hydrogens (primary N) is 1. The summed E-state index contributed by atoms with van der Waals surface area (Å²) in [7, 11) is 0. The summed E-state index contributed by atoms with van der Waals surface area (Å²) >= 11 is 4.12. The standard InChI is InChI=1S/C27H27N5O9S3.ClH/c1-12(28)24(35)41-20(15-7-5-4-6-8-15)21(33)29-18-22(34)32-19(25(36)38-9-17-13(2)39-27(37)40-17)16(10-42-23(18)32)11-43-26-31-30-14(3)44-26;/h4-8,12,18,20,23H,9-11,28H2,1-3H3,(H,29,33);1H/t12-,18+,20+,23+;/m0./s1. The minimum atomic E-state index is -1.35. The quantitative estimate of drug-likeness (QED) is 0.168. The van der Waals surface area contributed by atoms with Crippen LogP contribution in [0.2, 0.25) is 0 Å². The van der Waals surface area contributed by atoms with Crippen molar-refractivity contribution in [3.05, 3.63) is 74.3 Å². The van der Waals surface area contributed by atoms with Crippen LogP contribution in [-0.2, 0) is 35.3 Å². The summed E-state index contributed by atoms with van der Waals surface area (Å²) in [6, 6.07) is 6.37. The van der Waals surface area contributed by atoms with Gasteiger partial charge in [-0.1, -0.05) is 53.4 Å². The Morgan fingerprint density at radius 1 is 1.18 bits per heavy atom. The van der Waals surface area contributed by atoms with Crippen LogP contribution in [0.15, 0.2) is 59.6 Å². The van der Waals surface area contributed by atoms with Gasteiger partial charge in [-0.2, -0.15) is 0 Å². The smallest absolute Gasteiger partial charge is 0.453 e. The molecule has 18 heteroatoms. The third-order valence-corrected chi connectivity index (χ3v) is 9.93. The Hall–Kier alpha value is -3.64. The van der Waals surface area contributed by atoms with Crippen molar-refractivity contribution in [1.29, 1.82) is 0 Å². The van der Waals surface area contributed by atoms with Crippen molar-refractivity contribution in [2.45, 2.75) is 55.3 Å². The summed E-state index contributed by atoms with van der Waals surface area (Å²) in [5.41, 5.74) is 6.69. The van der Waals surface area contributed by atoms with Gasteiger partial charge in [0.15, 0.2) is 22.5 Å². The molecule has 5 rings (SSSR count). The monoisotopic (exact) mass is 697 g/mol. The molecule has 3 aromatic rings. The number of hydrogen-bond acceptors (Lipinski definition) is 15. The van der Waals surface area contributed by atoms with Gasteiger partial charge in [0.25, 0.3) is 11.8 Å². The molecule has 4 heterocycles. The van der Waals surface area contributed by atoms with E-state index < -0.39 is 53.1 Å². The number of benzene rings is 1. The van der Waals surface area contributed by atoms with Crippen LogP contribution >= 0.6 is 47.3 Å². The summed E-state index contributed by atoms with van der Waals surface area (Å²) in [6.45, 7) is 4.37. The molecule has 2 aliphatic heterocycles. The number of aromatic nitrogens is 2. The Kier molecular flexibility index (Phi) is 11.1. The highest BCUT2D eigenvalue weighted by atomic mass is 35.5. The Labute approximate surface area is 274 Å². The lowest BCUT2D eigenvalue weighted by molar-refractivity contribution is -0.160. The molecular weight excluding hydrogens is 670 g/mol. The molecule has 1 saturated heterocycles. The fourth-order valence-corrected chi connectivity index (χ4v) is 7.63. The molecule has 0 bridgehead atoms. The first-order chi connectivity index (χ1) is 21.0. The maximum atomic E-state index is 13.5. The zero-order chi connectivity index (χ0) is 31.5. The van der Waals surface area contributed by atoms with E-state index in [0.29, 0.717) is 27.0 Å². The molecule has 0 spiro atoms. The summed E-state index contributed by atoms with van der Waals surface area (Å²) in [5.74, 6) is -2.91. The number of β-lactam (4-membered cyclic amide) rings is 1. The number of rotatable bonds is 11. The van der Waals surface area contributed by atoms with Crippen LogP contribution in [0.25, 0.3) is 0 Å².